The van der Waals surface area contributed by atoms with Crippen LogP contribution in [0.1, 0.15) is 32.3 Å². The Balaban J connectivity index is 2.62. The quantitative estimate of drug-likeness (QED) is 0.812. The first-order chi connectivity index (χ1) is 8.47. The van der Waals surface area contributed by atoms with Gasteiger partial charge in [0.25, 0.3) is 0 Å². The highest BCUT2D eigenvalue weighted by Gasteiger charge is 2.23. The van der Waals surface area contributed by atoms with Gasteiger partial charge in [-0.25, -0.2) is 4.39 Å². The van der Waals surface area contributed by atoms with Crippen LogP contribution in [0.3, 0.4) is 0 Å². The minimum Gasteiger partial charge on any atom is -0.316 e. The third-order valence-electron chi connectivity index (χ3n) is 2.87. The van der Waals surface area contributed by atoms with E-state index in [-0.39, 0.29) is 11.2 Å². The molecule has 1 aromatic carbocycles. The van der Waals surface area contributed by atoms with Crippen molar-refractivity contribution in [3.8, 4) is 6.07 Å². The summed E-state index contributed by atoms with van der Waals surface area (Å²) >= 11 is 3.37. The van der Waals surface area contributed by atoms with Gasteiger partial charge in [0.05, 0.1) is 6.07 Å². The molecule has 0 saturated carbocycles. The largest absolute Gasteiger partial charge is 0.316 e. The van der Waals surface area contributed by atoms with E-state index in [1.807, 2.05) is 19.9 Å². The second-order valence-corrected chi connectivity index (χ2v) is 5.86. The summed E-state index contributed by atoms with van der Waals surface area (Å²) in [6.07, 6.45) is 1.38. The summed E-state index contributed by atoms with van der Waals surface area (Å²) < 4.78 is 14.7. The Kier molecular flexibility index (Phi) is 5.77. The molecule has 98 valence electrons. The van der Waals surface area contributed by atoms with Gasteiger partial charge in [-0.15, -0.1) is 0 Å². The summed E-state index contributed by atoms with van der Waals surface area (Å²) in [5.41, 5.74) is 0.421. The molecule has 0 heterocycles. The molecule has 1 aromatic rings. The lowest BCUT2D eigenvalue weighted by Crippen LogP contribution is -2.34. The first-order valence-electron chi connectivity index (χ1n) is 6.00. The summed E-state index contributed by atoms with van der Waals surface area (Å²) in [6, 6.07) is 7.12. The molecule has 0 unspecified atom stereocenters. The van der Waals surface area contributed by atoms with Gasteiger partial charge in [-0.05, 0) is 36.7 Å². The Morgan fingerprint density at radius 3 is 2.83 bits per heavy atom. The van der Waals surface area contributed by atoms with E-state index in [4.69, 9.17) is 5.26 Å². The van der Waals surface area contributed by atoms with Crippen molar-refractivity contribution in [1.82, 2.24) is 5.32 Å². The fourth-order valence-corrected chi connectivity index (χ4v) is 2.17. The Hall–Kier alpha value is -0.920. The maximum absolute atomic E-state index is 13.8. The van der Waals surface area contributed by atoms with Crippen LogP contribution in [-0.4, -0.2) is 13.1 Å². The zero-order valence-corrected chi connectivity index (χ0v) is 12.3. The van der Waals surface area contributed by atoms with E-state index in [1.165, 1.54) is 6.07 Å². The molecule has 4 heteroatoms. The molecular weight excluding hydrogens is 295 g/mol. The average Bonchev–Trinajstić information content (AvgIpc) is 2.32. The summed E-state index contributed by atoms with van der Waals surface area (Å²) in [4.78, 5) is 0. The number of benzene rings is 1. The van der Waals surface area contributed by atoms with E-state index in [9.17, 15) is 4.39 Å². The first-order valence-corrected chi connectivity index (χ1v) is 6.80. The number of nitrogens with one attached hydrogen (secondary N) is 1. The van der Waals surface area contributed by atoms with Gasteiger partial charge in [0.15, 0.2) is 0 Å². The molecule has 0 aliphatic heterocycles. The predicted octanol–water partition coefficient (Wildman–Crippen LogP) is 3.76. The minimum atomic E-state index is -0.277. The summed E-state index contributed by atoms with van der Waals surface area (Å²) in [5.74, 6) is -0.179. The van der Waals surface area contributed by atoms with Gasteiger partial charge in [0, 0.05) is 22.9 Å². The lowest BCUT2D eigenvalue weighted by Gasteiger charge is -2.26. The second kappa shape index (κ2) is 6.86. The van der Waals surface area contributed by atoms with Crippen LogP contribution in [-0.2, 0) is 5.41 Å². The van der Waals surface area contributed by atoms with Crippen LogP contribution in [0, 0.1) is 17.1 Å². The smallest absolute Gasteiger partial charge is 0.127 e. The van der Waals surface area contributed by atoms with Gasteiger partial charge in [-0.3, -0.25) is 0 Å². The zero-order valence-electron chi connectivity index (χ0n) is 10.8. The van der Waals surface area contributed by atoms with Crippen molar-refractivity contribution in [3.63, 3.8) is 0 Å². The van der Waals surface area contributed by atoms with Crippen LogP contribution in [0.5, 0.6) is 0 Å². The van der Waals surface area contributed by atoms with Crippen LogP contribution in [0.25, 0.3) is 0 Å². The third-order valence-corrected chi connectivity index (χ3v) is 3.36. The highest BCUT2D eigenvalue weighted by Crippen LogP contribution is 2.27. The SMILES string of the molecule is CC(C)(CNCCCC#N)c1cc(Br)ccc1F. The van der Waals surface area contributed by atoms with E-state index < -0.39 is 0 Å². The topological polar surface area (TPSA) is 35.8 Å². The maximum atomic E-state index is 13.8. The van der Waals surface area contributed by atoms with Crippen LogP contribution >= 0.6 is 15.9 Å². The van der Waals surface area contributed by atoms with Crippen molar-refractivity contribution in [1.29, 1.82) is 5.26 Å². The highest BCUT2D eigenvalue weighted by molar-refractivity contribution is 9.10. The molecule has 1 N–H and O–H groups in total. The molecule has 0 amide bonds. The summed E-state index contributed by atoms with van der Waals surface area (Å²) in [5, 5.41) is 11.7. The fourth-order valence-electron chi connectivity index (χ4n) is 1.80. The molecule has 0 spiro atoms. The van der Waals surface area contributed by atoms with Gasteiger partial charge < -0.3 is 5.32 Å². The fraction of sp³-hybridized carbons (Fsp3) is 0.500. The van der Waals surface area contributed by atoms with Crippen molar-refractivity contribution in [2.45, 2.75) is 32.1 Å². The van der Waals surface area contributed by atoms with E-state index in [1.54, 1.807) is 6.07 Å². The third kappa shape index (κ3) is 4.40. The van der Waals surface area contributed by atoms with E-state index in [0.717, 1.165) is 17.4 Å². The molecular formula is C14H18BrFN2. The molecule has 2 nitrogen and oxygen atoms in total. The number of rotatable bonds is 6. The second-order valence-electron chi connectivity index (χ2n) is 4.95. The standard InChI is InChI=1S/C14H18BrFN2/c1-14(2,10-18-8-4-3-7-17)12-9-11(15)5-6-13(12)16/h5-6,9,18H,3-4,8,10H2,1-2H3. The number of nitrogens with zero attached hydrogens (tertiary/aromatic N) is 1. The van der Waals surface area contributed by atoms with Gasteiger partial charge in [0.1, 0.15) is 5.82 Å². The number of hydrogen-bond donors (Lipinski definition) is 1. The summed E-state index contributed by atoms with van der Waals surface area (Å²) in [7, 11) is 0. The Labute approximate surface area is 116 Å². The van der Waals surface area contributed by atoms with Gasteiger partial charge in [-0.2, -0.15) is 5.26 Å². The average molecular weight is 313 g/mol. The van der Waals surface area contributed by atoms with Crippen molar-refractivity contribution in [3.05, 3.63) is 34.1 Å². The van der Waals surface area contributed by atoms with Crippen molar-refractivity contribution >= 4 is 15.9 Å². The number of halogens is 2. The molecule has 0 saturated heterocycles. The van der Waals surface area contributed by atoms with Crippen molar-refractivity contribution < 1.29 is 4.39 Å². The van der Waals surface area contributed by atoms with E-state index >= 15 is 0 Å². The van der Waals surface area contributed by atoms with Crippen LogP contribution in [0.4, 0.5) is 4.39 Å². The molecule has 18 heavy (non-hydrogen) atoms. The van der Waals surface area contributed by atoms with Crippen LogP contribution in [0.2, 0.25) is 0 Å². The normalized spacial score (nSPS) is 11.3. The maximum Gasteiger partial charge on any atom is 0.127 e. The number of hydrogen-bond acceptors (Lipinski definition) is 2. The molecule has 0 aliphatic rings. The van der Waals surface area contributed by atoms with Crippen LogP contribution < -0.4 is 5.32 Å². The molecule has 0 fully saturated rings. The first kappa shape index (κ1) is 15.1. The Bertz CT molecular complexity index is 438. The Morgan fingerprint density at radius 2 is 2.17 bits per heavy atom. The number of unbranched alkanes of at least 4 members (excludes halogenated alkanes) is 1. The Morgan fingerprint density at radius 1 is 1.44 bits per heavy atom. The van der Waals surface area contributed by atoms with Crippen molar-refractivity contribution in [2.24, 2.45) is 0 Å². The van der Waals surface area contributed by atoms with Crippen molar-refractivity contribution in [2.75, 3.05) is 13.1 Å². The minimum absolute atomic E-state index is 0.179. The monoisotopic (exact) mass is 312 g/mol. The number of nitriles is 1. The van der Waals surface area contributed by atoms with Gasteiger partial charge >= 0.3 is 0 Å². The molecule has 0 bridgehead atoms. The molecule has 0 radical (unpaired) electrons. The van der Waals surface area contributed by atoms with Gasteiger partial charge in [-0.1, -0.05) is 29.8 Å². The highest BCUT2D eigenvalue weighted by atomic mass is 79.9. The zero-order chi connectivity index (χ0) is 13.6. The predicted molar refractivity (Wildman–Crippen MR) is 74.8 cm³/mol. The van der Waals surface area contributed by atoms with Crippen LogP contribution in [0.15, 0.2) is 22.7 Å². The molecule has 0 aromatic heterocycles. The van der Waals surface area contributed by atoms with E-state index in [2.05, 4.69) is 27.3 Å². The summed E-state index contributed by atoms with van der Waals surface area (Å²) in [6.45, 7) is 5.49. The lowest BCUT2D eigenvalue weighted by atomic mass is 9.84. The molecule has 0 aliphatic carbocycles. The molecule has 1 rings (SSSR count). The van der Waals surface area contributed by atoms with E-state index in [0.29, 0.717) is 18.5 Å². The lowest BCUT2D eigenvalue weighted by molar-refractivity contribution is 0.443. The van der Waals surface area contributed by atoms with Gasteiger partial charge in [0.2, 0.25) is 0 Å². The molecule has 0 atom stereocenters.